The van der Waals surface area contributed by atoms with Gasteiger partial charge in [0.2, 0.25) is 0 Å². The van der Waals surface area contributed by atoms with Crippen molar-refractivity contribution in [2.75, 3.05) is 11.9 Å². The van der Waals surface area contributed by atoms with Crippen LogP contribution in [0.3, 0.4) is 0 Å². The maximum atomic E-state index is 4.37. The molecule has 0 bridgehead atoms. The first kappa shape index (κ1) is 9.82. The van der Waals surface area contributed by atoms with Gasteiger partial charge in [-0.05, 0) is 31.6 Å². The van der Waals surface area contributed by atoms with Crippen LogP contribution in [0.25, 0.3) is 0 Å². The molecule has 0 spiro atoms. The van der Waals surface area contributed by atoms with Gasteiger partial charge in [-0.2, -0.15) is 0 Å². The van der Waals surface area contributed by atoms with E-state index in [1.807, 2.05) is 0 Å². The van der Waals surface area contributed by atoms with E-state index < -0.39 is 0 Å². The zero-order valence-electron chi connectivity index (χ0n) is 9.39. The van der Waals surface area contributed by atoms with Gasteiger partial charge in [-0.15, -0.1) is 0 Å². The first-order valence-electron chi connectivity index (χ1n) is 6.12. The first-order valence-corrected chi connectivity index (χ1v) is 6.12. The second-order valence-corrected chi connectivity index (χ2v) is 4.79. The van der Waals surface area contributed by atoms with Gasteiger partial charge >= 0.3 is 0 Å². The maximum absolute atomic E-state index is 4.37. The molecule has 1 fully saturated rings. The fourth-order valence-corrected chi connectivity index (χ4v) is 2.12. The van der Waals surface area contributed by atoms with E-state index >= 15 is 0 Å². The summed E-state index contributed by atoms with van der Waals surface area (Å²) >= 11 is 0. The molecule has 0 aliphatic heterocycles. The zero-order valence-corrected chi connectivity index (χ0v) is 9.39. The number of anilines is 1. The molecular weight excluding hydrogens is 198 g/mol. The van der Waals surface area contributed by atoms with Crippen LogP contribution in [0.5, 0.6) is 0 Å². The van der Waals surface area contributed by atoms with E-state index in [-0.39, 0.29) is 0 Å². The van der Waals surface area contributed by atoms with Gasteiger partial charge in [0.05, 0.1) is 0 Å². The van der Waals surface area contributed by atoms with Gasteiger partial charge in [0, 0.05) is 24.2 Å². The standard InChI is InChI=1S/C13H17N3/c1-2-4-11(3-1)12-7-13(16-9-15-12)14-8-10-5-6-10/h1-2,7,9-11H,3-6,8H2,(H,14,15,16). The van der Waals surface area contributed by atoms with Crippen molar-refractivity contribution in [1.29, 1.82) is 0 Å². The molecule has 0 atom stereocenters. The van der Waals surface area contributed by atoms with E-state index in [2.05, 4.69) is 33.5 Å². The minimum atomic E-state index is 0.574. The predicted octanol–water partition coefficient (Wildman–Crippen LogP) is 2.73. The minimum Gasteiger partial charge on any atom is -0.370 e. The van der Waals surface area contributed by atoms with Crippen molar-refractivity contribution < 1.29 is 0 Å². The normalized spacial score (nSPS) is 20.2. The second-order valence-electron chi connectivity index (χ2n) is 4.79. The summed E-state index contributed by atoms with van der Waals surface area (Å²) in [6.07, 6.45) is 11.2. The third-order valence-corrected chi connectivity index (χ3v) is 3.38. The van der Waals surface area contributed by atoms with Crippen molar-refractivity contribution in [2.24, 2.45) is 5.92 Å². The summed E-state index contributed by atoms with van der Waals surface area (Å²) in [5.74, 6) is 2.44. The fourth-order valence-electron chi connectivity index (χ4n) is 2.12. The Morgan fingerprint density at radius 2 is 2.00 bits per heavy atom. The smallest absolute Gasteiger partial charge is 0.129 e. The lowest BCUT2D eigenvalue weighted by Crippen LogP contribution is -2.07. The van der Waals surface area contributed by atoms with Gasteiger partial charge in [-0.25, -0.2) is 9.97 Å². The van der Waals surface area contributed by atoms with E-state index in [4.69, 9.17) is 0 Å². The minimum absolute atomic E-state index is 0.574. The molecule has 1 aromatic rings. The largest absolute Gasteiger partial charge is 0.370 e. The highest BCUT2D eigenvalue weighted by Crippen LogP contribution is 2.30. The van der Waals surface area contributed by atoms with Crippen LogP contribution in [0, 0.1) is 5.92 Å². The van der Waals surface area contributed by atoms with E-state index in [9.17, 15) is 0 Å². The number of nitrogens with one attached hydrogen (secondary N) is 1. The lowest BCUT2D eigenvalue weighted by atomic mass is 10.0. The Bertz CT molecular complexity index is 388. The Morgan fingerprint density at radius 3 is 2.75 bits per heavy atom. The molecule has 0 radical (unpaired) electrons. The van der Waals surface area contributed by atoms with E-state index in [0.29, 0.717) is 5.92 Å². The van der Waals surface area contributed by atoms with Crippen molar-refractivity contribution in [2.45, 2.75) is 31.6 Å². The van der Waals surface area contributed by atoms with Crippen LogP contribution in [0.15, 0.2) is 24.5 Å². The number of hydrogen-bond donors (Lipinski definition) is 1. The molecule has 0 aromatic carbocycles. The van der Waals surface area contributed by atoms with E-state index in [1.165, 1.54) is 18.5 Å². The molecule has 3 rings (SSSR count). The molecule has 1 aromatic heterocycles. The fraction of sp³-hybridized carbons (Fsp3) is 0.538. The van der Waals surface area contributed by atoms with Gasteiger partial charge in [-0.3, -0.25) is 0 Å². The van der Waals surface area contributed by atoms with Crippen LogP contribution in [-0.4, -0.2) is 16.5 Å². The molecule has 0 unspecified atom stereocenters. The Labute approximate surface area is 96.0 Å². The molecule has 0 amide bonds. The Morgan fingerprint density at radius 1 is 1.19 bits per heavy atom. The second kappa shape index (κ2) is 4.24. The molecule has 3 heteroatoms. The first-order chi connectivity index (χ1) is 7.92. The number of aromatic nitrogens is 2. The predicted molar refractivity (Wildman–Crippen MR) is 64.4 cm³/mol. The molecule has 0 saturated heterocycles. The Hall–Kier alpha value is -1.38. The summed E-state index contributed by atoms with van der Waals surface area (Å²) in [5.41, 5.74) is 1.18. The third-order valence-electron chi connectivity index (χ3n) is 3.38. The summed E-state index contributed by atoms with van der Waals surface area (Å²) < 4.78 is 0. The summed E-state index contributed by atoms with van der Waals surface area (Å²) in [4.78, 5) is 8.64. The molecule has 1 saturated carbocycles. The lowest BCUT2D eigenvalue weighted by Gasteiger charge is -2.10. The van der Waals surface area contributed by atoms with Crippen LogP contribution in [-0.2, 0) is 0 Å². The molecule has 1 N–H and O–H groups in total. The summed E-state index contributed by atoms with van der Waals surface area (Å²) in [6.45, 7) is 1.07. The molecule has 84 valence electrons. The summed E-state index contributed by atoms with van der Waals surface area (Å²) in [5, 5.41) is 3.40. The van der Waals surface area contributed by atoms with Crippen LogP contribution in [0.2, 0.25) is 0 Å². The molecule has 2 aliphatic rings. The Balaban J connectivity index is 1.66. The van der Waals surface area contributed by atoms with Gasteiger partial charge in [-0.1, -0.05) is 12.2 Å². The topological polar surface area (TPSA) is 37.8 Å². The van der Waals surface area contributed by atoms with Crippen LogP contribution >= 0.6 is 0 Å². The van der Waals surface area contributed by atoms with Crippen molar-refractivity contribution in [1.82, 2.24) is 9.97 Å². The SMILES string of the molecule is C1=CCC(c2cc(NCC3CC3)ncn2)C1. The average molecular weight is 215 g/mol. The van der Waals surface area contributed by atoms with Crippen molar-refractivity contribution in [3.63, 3.8) is 0 Å². The highest BCUT2D eigenvalue weighted by Gasteiger charge is 2.21. The van der Waals surface area contributed by atoms with Crippen molar-refractivity contribution >= 4 is 5.82 Å². The monoisotopic (exact) mass is 215 g/mol. The summed E-state index contributed by atoms with van der Waals surface area (Å²) in [6, 6.07) is 2.11. The van der Waals surface area contributed by atoms with E-state index in [0.717, 1.165) is 31.1 Å². The molecule has 16 heavy (non-hydrogen) atoms. The lowest BCUT2D eigenvalue weighted by molar-refractivity contribution is 0.720. The number of rotatable bonds is 4. The maximum Gasteiger partial charge on any atom is 0.129 e. The highest BCUT2D eigenvalue weighted by molar-refractivity contribution is 5.36. The van der Waals surface area contributed by atoms with Gasteiger partial charge in [0.15, 0.2) is 0 Å². The summed E-state index contributed by atoms with van der Waals surface area (Å²) in [7, 11) is 0. The highest BCUT2D eigenvalue weighted by atomic mass is 15.0. The van der Waals surface area contributed by atoms with Gasteiger partial charge in [0.1, 0.15) is 12.1 Å². The number of allylic oxidation sites excluding steroid dienone is 2. The number of nitrogens with zero attached hydrogens (tertiary/aromatic N) is 2. The van der Waals surface area contributed by atoms with E-state index in [1.54, 1.807) is 6.33 Å². The zero-order chi connectivity index (χ0) is 10.8. The van der Waals surface area contributed by atoms with Crippen molar-refractivity contribution in [3.05, 3.63) is 30.2 Å². The quantitative estimate of drug-likeness (QED) is 0.785. The molecule has 1 heterocycles. The van der Waals surface area contributed by atoms with Crippen LogP contribution in [0.4, 0.5) is 5.82 Å². The number of hydrogen-bond acceptors (Lipinski definition) is 3. The third kappa shape index (κ3) is 2.23. The molecule has 2 aliphatic carbocycles. The average Bonchev–Trinajstić information content (AvgIpc) is 2.99. The Kier molecular flexibility index (Phi) is 2.60. The molecule has 3 nitrogen and oxygen atoms in total. The van der Waals surface area contributed by atoms with Gasteiger partial charge in [0.25, 0.3) is 0 Å². The van der Waals surface area contributed by atoms with Gasteiger partial charge < -0.3 is 5.32 Å². The van der Waals surface area contributed by atoms with Crippen molar-refractivity contribution in [3.8, 4) is 0 Å². The van der Waals surface area contributed by atoms with Crippen LogP contribution in [0.1, 0.15) is 37.3 Å². The van der Waals surface area contributed by atoms with Crippen LogP contribution < -0.4 is 5.32 Å². The molecular formula is C13H17N3.